The second kappa shape index (κ2) is 10.7. The number of ketones is 1. The lowest BCUT2D eigenvalue weighted by Crippen LogP contribution is -2.69. The van der Waals surface area contributed by atoms with Gasteiger partial charge in [0, 0.05) is 5.92 Å². The van der Waals surface area contributed by atoms with Crippen LogP contribution in [0.3, 0.4) is 0 Å². The Hall–Kier alpha value is -1.77. The molecule has 5 saturated carbocycles. The quantitative estimate of drug-likeness (QED) is 0.268. The van der Waals surface area contributed by atoms with Crippen LogP contribution in [0.1, 0.15) is 99.3 Å². The molecule has 0 heterocycles. The van der Waals surface area contributed by atoms with E-state index >= 15 is 0 Å². The first-order valence-electron chi connectivity index (χ1n) is 16.5. The Kier molecular flexibility index (Phi) is 8.08. The third-order valence-corrected chi connectivity index (χ3v) is 14.9. The predicted molar refractivity (Wildman–Crippen MR) is 162 cm³/mol. The molecule has 5 fully saturated rings. The Morgan fingerprint density at radius 2 is 1.60 bits per heavy atom. The maximum absolute atomic E-state index is 14.3. The molecule has 0 bridgehead atoms. The molecular formula is C35H55NO7. The van der Waals surface area contributed by atoms with Crippen LogP contribution < -0.4 is 0 Å². The van der Waals surface area contributed by atoms with E-state index in [1.165, 1.54) is 7.11 Å². The van der Waals surface area contributed by atoms with E-state index in [1.54, 1.807) is 0 Å². The molecule has 0 spiro atoms. The van der Waals surface area contributed by atoms with Crippen LogP contribution in [0.15, 0.2) is 12.2 Å². The van der Waals surface area contributed by atoms with Gasteiger partial charge in [0.25, 0.3) is 5.91 Å². The summed E-state index contributed by atoms with van der Waals surface area (Å²) in [6.07, 6.45) is 7.00. The number of aliphatic hydroxyl groups excluding tert-OH is 2. The average molecular weight is 602 g/mol. The highest BCUT2D eigenvalue weighted by atomic mass is 16.7. The second-order valence-corrected chi connectivity index (χ2v) is 16.4. The molecule has 0 aliphatic heterocycles. The molecule has 242 valence electrons. The van der Waals surface area contributed by atoms with Crippen LogP contribution in [0.25, 0.3) is 0 Å². The number of allylic oxidation sites excluding steroid dienone is 1. The number of hydrogen-bond acceptors (Lipinski definition) is 6. The van der Waals surface area contributed by atoms with Crippen molar-refractivity contribution in [3.8, 4) is 0 Å². The first-order chi connectivity index (χ1) is 20.0. The van der Waals surface area contributed by atoms with E-state index in [9.17, 15) is 29.7 Å². The van der Waals surface area contributed by atoms with Crippen LogP contribution in [0.5, 0.6) is 0 Å². The predicted octanol–water partition coefficient (Wildman–Crippen LogP) is 5.27. The zero-order chi connectivity index (χ0) is 31.9. The fourth-order valence-corrected chi connectivity index (χ4v) is 12.6. The molecule has 3 N–H and O–H groups in total. The second-order valence-electron chi connectivity index (χ2n) is 16.4. The van der Waals surface area contributed by atoms with E-state index in [1.807, 2.05) is 6.92 Å². The summed E-state index contributed by atoms with van der Waals surface area (Å²) in [5.41, 5.74) is -0.780. The highest BCUT2D eigenvalue weighted by molar-refractivity contribution is 5.92. The number of Topliss-reactive ketones (excluding diaryl/α,β-unsaturated/α-hetero) is 1. The van der Waals surface area contributed by atoms with Gasteiger partial charge in [-0.3, -0.25) is 19.2 Å². The minimum absolute atomic E-state index is 0.0180. The summed E-state index contributed by atoms with van der Waals surface area (Å²) in [4.78, 5) is 45.4. The summed E-state index contributed by atoms with van der Waals surface area (Å²) < 4.78 is 0. The van der Waals surface area contributed by atoms with Crippen LogP contribution >= 0.6 is 0 Å². The van der Waals surface area contributed by atoms with Gasteiger partial charge in [-0.15, -0.1) is 0 Å². The van der Waals surface area contributed by atoms with Crippen molar-refractivity contribution >= 4 is 17.7 Å². The van der Waals surface area contributed by atoms with Crippen molar-refractivity contribution in [2.24, 2.45) is 62.6 Å². The molecule has 5 aliphatic carbocycles. The summed E-state index contributed by atoms with van der Waals surface area (Å²) in [6.45, 7) is 16.9. The monoisotopic (exact) mass is 601 g/mol. The van der Waals surface area contributed by atoms with Crippen LogP contribution in [-0.4, -0.2) is 64.4 Å². The first kappa shape index (κ1) is 32.6. The molecule has 1 unspecified atom stereocenters. The molecule has 1 amide bonds. The van der Waals surface area contributed by atoms with Crippen molar-refractivity contribution in [3.05, 3.63) is 12.2 Å². The number of amides is 1. The minimum atomic E-state index is -1.23. The number of carboxylic acid groups (broad SMARTS) is 1. The Morgan fingerprint density at radius 3 is 2.19 bits per heavy atom. The van der Waals surface area contributed by atoms with Crippen molar-refractivity contribution < 1.29 is 34.5 Å². The molecule has 43 heavy (non-hydrogen) atoms. The van der Waals surface area contributed by atoms with Crippen LogP contribution in [-0.2, 0) is 19.2 Å². The van der Waals surface area contributed by atoms with Gasteiger partial charge in [-0.25, -0.2) is 5.06 Å². The number of carbonyl (C=O) groups is 3. The SMILES string of the molecule is C=C(C)[C@@H]1CC[C@]2(C(=O)O)C(C(=O)CN(OC)C(=O)CO)C[C@]3(C)[C@H](CC[C@@H]4[C@@]5(C)CC[C@H](O)C(C)(C)[C@@H]5CC[C@]43C)[C@@H]12. The lowest BCUT2D eigenvalue weighted by atomic mass is 9.31. The number of fused-ring (bicyclic) bond motifs is 7. The first-order valence-corrected chi connectivity index (χ1v) is 16.5. The van der Waals surface area contributed by atoms with Gasteiger partial charge in [0.05, 0.1) is 18.6 Å². The van der Waals surface area contributed by atoms with E-state index in [4.69, 9.17) is 4.84 Å². The molecule has 5 rings (SSSR count). The normalized spacial score (nSPS) is 46.5. The van der Waals surface area contributed by atoms with Crippen molar-refractivity contribution in [3.63, 3.8) is 0 Å². The van der Waals surface area contributed by atoms with E-state index in [2.05, 4.69) is 41.2 Å². The van der Waals surface area contributed by atoms with Crippen molar-refractivity contribution in [1.29, 1.82) is 0 Å². The third kappa shape index (κ3) is 4.28. The molecule has 5 aliphatic rings. The zero-order valence-corrected chi connectivity index (χ0v) is 27.4. The number of hydrogen-bond donors (Lipinski definition) is 3. The molecule has 8 heteroatoms. The fraction of sp³-hybridized carbons (Fsp3) is 0.857. The molecule has 8 nitrogen and oxygen atoms in total. The summed E-state index contributed by atoms with van der Waals surface area (Å²) in [5.74, 6) is -1.98. The van der Waals surface area contributed by atoms with Gasteiger partial charge in [-0.05, 0) is 116 Å². The molecule has 0 saturated heterocycles. The Morgan fingerprint density at radius 1 is 0.930 bits per heavy atom. The number of nitrogens with zero attached hydrogens (tertiary/aromatic N) is 1. The van der Waals surface area contributed by atoms with Crippen LogP contribution in [0, 0.1) is 62.6 Å². The van der Waals surface area contributed by atoms with Crippen molar-refractivity contribution in [2.75, 3.05) is 20.3 Å². The van der Waals surface area contributed by atoms with Gasteiger partial charge >= 0.3 is 5.97 Å². The standard InChI is InChI=1S/C35H55NO7/c1-20(2)21-11-16-35(30(41)42)23(24(38)18-36(43-8)28(40)19-37)17-34(7)22(29(21)35)9-10-26-32(5)14-13-27(39)31(3,4)25(32)12-15-33(26,34)6/h21-23,25-27,29,37,39H,1,9-19H2,2-8H3,(H,41,42)/t21-,22+,23?,25-,26+,27-,29+,32-,33+,34+,35-/m0/s1. The Balaban J connectivity index is 1.63. The van der Waals surface area contributed by atoms with Gasteiger partial charge in [-0.1, -0.05) is 46.8 Å². The average Bonchev–Trinajstić information content (AvgIpc) is 3.35. The van der Waals surface area contributed by atoms with Gasteiger partial charge in [0.15, 0.2) is 5.78 Å². The molecular weight excluding hydrogens is 546 g/mol. The Labute approximate surface area is 257 Å². The summed E-state index contributed by atoms with van der Waals surface area (Å²) >= 11 is 0. The number of carbonyl (C=O) groups excluding carboxylic acids is 2. The number of hydroxylamine groups is 2. The van der Waals surface area contributed by atoms with Crippen LogP contribution in [0.2, 0.25) is 0 Å². The Bertz CT molecular complexity index is 1180. The van der Waals surface area contributed by atoms with Crippen molar-refractivity contribution in [2.45, 2.75) is 105 Å². The van der Waals surface area contributed by atoms with E-state index in [-0.39, 0.29) is 57.8 Å². The number of carboxylic acids is 1. The smallest absolute Gasteiger partial charge is 0.310 e. The lowest BCUT2D eigenvalue weighted by Gasteiger charge is -2.73. The third-order valence-electron chi connectivity index (χ3n) is 14.9. The maximum Gasteiger partial charge on any atom is 0.310 e. The van der Waals surface area contributed by atoms with E-state index < -0.39 is 29.8 Å². The highest BCUT2D eigenvalue weighted by Gasteiger charge is 2.74. The molecule has 11 atom stereocenters. The fourth-order valence-electron chi connectivity index (χ4n) is 12.6. The van der Waals surface area contributed by atoms with Gasteiger partial charge < -0.3 is 15.3 Å². The highest BCUT2D eigenvalue weighted by Crippen LogP contribution is 2.78. The summed E-state index contributed by atoms with van der Waals surface area (Å²) in [7, 11) is 1.29. The van der Waals surface area contributed by atoms with Gasteiger partial charge in [0.1, 0.15) is 13.2 Å². The largest absolute Gasteiger partial charge is 0.481 e. The van der Waals surface area contributed by atoms with E-state index in [0.29, 0.717) is 31.1 Å². The number of aliphatic hydroxyl groups is 2. The van der Waals surface area contributed by atoms with Crippen molar-refractivity contribution in [1.82, 2.24) is 5.06 Å². The summed E-state index contributed by atoms with van der Waals surface area (Å²) in [6, 6.07) is 0. The maximum atomic E-state index is 14.3. The molecule has 0 aromatic carbocycles. The van der Waals surface area contributed by atoms with Gasteiger partial charge in [-0.2, -0.15) is 0 Å². The molecule has 0 radical (unpaired) electrons. The van der Waals surface area contributed by atoms with E-state index in [0.717, 1.165) is 49.2 Å². The zero-order valence-electron chi connectivity index (χ0n) is 27.4. The van der Waals surface area contributed by atoms with Crippen LogP contribution in [0.4, 0.5) is 0 Å². The lowest BCUT2D eigenvalue weighted by molar-refractivity contribution is -0.255. The van der Waals surface area contributed by atoms with Gasteiger partial charge in [0.2, 0.25) is 0 Å². The molecule has 0 aromatic rings. The summed E-state index contributed by atoms with van der Waals surface area (Å²) in [5, 5.41) is 32.4. The number of rotatable bonds is 7. The number of aliphatic carboxylic acids is 1. The minimum Gasteiger partial charge on any atom is -0.481 e. The molecule has 0 aromatic heterocycles. The topological polar surface area (TPSA) is 124 Å².